The average Bonchev–Trinajstić information content (AvgIpc) is 2.75. The normalized spacial score (nSPS) is 34.0. The summed E-state index contributed by atoms with van der Waals surface area (Å²) in [5.74, 6) is 1.20. The molecule has 116 valence electrons. The molecule has 0 aromatic carbocycles. The molecule has 4 heteroatoms. The number of piperidine rings is 1. The van der Waals surface area contributed by atoms with Crippen molar-refractivity contribution < 1.29 is 4.79 Å². The summed E-state index contributed by atoms with van der Waals surface area (Å²) < 4.78 is 0. The summed E-state index contributed by atoms with van der Waals surface area (Å²) in [7, 11) is 2.16. The van der Waals surface area contributed by atoms with Crippen molar-refractivity contribution in [2.45, 2.75) is 65.2 Å². The molecule has 4 unspecified atom stereocenters. The van der Waals surface area contributed by atoms with E-state index < -0.39 is 0 Å². The van der Waals surface area contributed by atoms with E-state index in [9.17, 15) is 4.79 Å². The van der Waals surface area contributed by atoms with E-state index in [0.29, 0.717) is 23.8 Å². The molecule has 0 radical (unpaired) electrons. The second-order valence-electron chi connectivity index (χ2n) is 7.02. The van der Waals surface area contributed by atoms with Crippen LogP contribution >= 0.6 is 0 Å². The van der Waals surface area contributed by atoms with Gasteiger partial charge in [-0.05, 0) is 38.3 Å². The molecule has 2 aliphatic heterocycles. The number of hydrogen-bond acceptors (Lipinski definition) is 3. The number of likely N-dealkylation sites (N-methyl/N-ethyl adjacent to an activating group) is 1. The van der Waals surface area contributed by atoms with Gasteiger partial charge in [-0.1, -0.05) is 34.1 Å². The first-order valence-corrected chi connectivity index (χ1v) is 8.22. The van der Waals surface area contributed by atoms with Crippen LogP contribution in [0.4, 0.5) is 0 Å². The lowest BCUT2D eigenvalue weighted by molar-refractivity contribution is -0.134. The molecular weight excluding hydrogens is 250 g/mol. The second kappa shape index (κ2) is 6.44. The third-order valence-corrected chi connectivity index (χ3v) is 5.01. The predicted octanol–water partition coefficient (Wildman–Crippen LogP) is 1.91. The molecular formula is C16H31N3O. The molecule has 0 saturated carbocycles. The minimum Gasteiger partial charge on any atom is -0.321 e. The van der Waals surface area contributed by atoms with Crippen LogP contribution in [0, 0.1) is 11.8 Å². The highest BCUT2D eigenvalue weighted by Gasteiger charge is 2.45. The maximum absolute atomic E-state index is 12.9. The van der Waals surface area contributed by atoms with Crippen LogP contribution in [0.5, 0.6) is 0 Å². The number of carbonyl (C=O) groups is 1. The van der Waals surface area contributed by atoms with Gasteiger partial charge in [-0.15, -0.1) is 0 Å². The van der Waals surface area contributed by atoms with E-state index in [1.807, 2.05) is 0 Å². The fraction of sp³-hybridized carbons (Fsp3) is 0.938. The molecule has 1 N–H and O–H groups in total. The number of nitrogens with one attached hydrogen (secondary N) is 1. The monoisotopic (exact) mass is 281 g/mol. The Hall–Kier alpha value is -0.610. The van der Waals surface area contributed by atoms with Crippen LogP contribution in [0.15, 0.2) is 0 Å². The first-order valence-electron chi connectivity index (χ1n) is 8.22. The molecule has 0 spiro atoms. The Balaban J connectivity index is 2.17. The molecule has 20 heavy (non-hydrogen) atoms. The molecule has 2 saturated heterocycles. The second-order valence-corrected chi connectivity index (χ2v) is 7.02. The van der Waals surface area contributed by atoms with Crippen LogP contribution in [0.2, 0.25) is 0 Å². The van der Waals surface area contributed by atoms with Crippen LogP contribution in [0.25, 0.3) is 0 Å². The molecule has 0 aliphatic carbocycles. The minimum absolute atomic E-state index is 0.0135. The van der Waals surface area contributed by atoms with E-state index in [-0.39, 0.29) is 12.2 Å². The first kappa shape index (κ1) is 15.8. The maximum Gasteiger partial charge on any atom is 0.241 e. The summed E-state index contributed by atoms with van der Waals surface area (Å²) in [4.78, 5) is 17.4. The molecule has 0 bridgehead atoms. The van der Waals surface area contributed by atoms with Crippen LogP contribution in [-0.4, -0.2) is 54.1 Å². The number of hydrogen-bond donors (Lipinski definition) is 1. The lowest BCUT2D eigenvalue weighted by atomic mass is 9.98. The number of rotatable bonds is 4. The maximum atomic E-state index is 12.9. The summed E-state index contributed by atoms with van der Waals surface area (Å²) >= 11 is 0. The fourth-order valence-corrected chi connectivity index (χ4v) is 3.56. The number of amides is 1. The summed E-state index contributed by atoms with van der Waals surface area (Å²) in [6.07, 6.45) is 3.60. The van der Waals surface area contributed by atoms with E-state index in [1.165, 1.54) is 6.42 Å². The van der Waals surface area contributed by atoms with Gasteiger partial charge in [0.05, 0.1) is 12.2 Å². The molecule has 2 fully saturated rings. The smallest absolute Gasteiger partial charge is 0.241 e. The van der Waals surface area contributed by atoms with E-state index in [4.69, 9.17) is 0 Å². The Labute approximate surface area is 123 Å². The quantitative estimate of drug-likeness (QED) is 0.855. The van der Waals surface area contributed by atoms with Crippen molar-refractivity contribution in [3.05, 3.63) is 0 Å². The van der Waals surface area contributed by atoms with Crippen molar-refractivity contribution >= 4 is 5.91 Å². The van der Waals surface area contributed by atoms with Crippen molar-refractivity contribution in [3.8, 4) is 0 Å². The van der Waals surface area contributed by atoms with Gasteiger partial charge in [0.15, 0.2) is 0 Å². The Morgan fingerprint density at radius 3 is 2.60 bits per heavy atom. The van der Waals surface area contributed by atoms with Crippen molar-refractivity contribution in [1.29, 1.82) is 0 Å². The molecule has 1 amide bonds. The fourth-order valence-electron chi connectivity index (χ4n) is 3.56. The summed E-state index contributed by atoms with van der Waals surface area (Å²) in [5.41, 5.74) is 0. The standard InChI is InChI=1S/C16H31N3O/c1-6-12(4)14-16(20)19(15(17-14)11(2)3)13-8-7-9-18(5)10-13/h11-15,17H,6-10H2,1-5H3. The predicted molar refractivity (Wildman–Crippen MR) is 82.4 cm³/mol. The zero-order valence-electron chi connectivity index (χ0n) is 13.7. The highest BCUT2D eigenvalue weighted by atomic mass is 16.2. The Morgan fingerprint density at radius 2 is 2.05 bits per heavy atom. The van der Waals surface area contributed by atoms with E-state index in [0.717, 1.165) is 25.9 Å². The highest BCUT2D eigenvalue weighted by Crippen LogP contribution is 2.28. The Kier molecular flexibility index (Phi) is 5.08. The zero-order valence-corrected chi connectivity index (χ0v) is 13.7. The third kappa shape index (κ3) is 3.01. The molecule has 0 aromatic rings. The van der Waals surface area contributed by atoms with Gasteiger partial charge >= 0.3 is 0 Å². The first-order chi connectivity index (χ1) is 9.45. The van der Waals surface area contributed by atoms with E-state index in [2.05, 4.69) is 49.9 Å². The summed E-state index contributed by atoms with van der Waals surface area (Å²) in [5, 5.41) is 3.61. The van der Waals surface area contributed by atoms with E-state index >= 15 is 0 Å². The molecule has 4 nitrogen and oxygen atoms in total. The van der Waals surface area contributed by atoms with Crippen molar-refractivity contribution in [1.82, 2.24) is 15.1 Å². The van der Waals surface area contributed by atoms with Gasteiger partial charge in [0.1, 0.15) is 0 Å². The van der Waals surface area contributed by atoms with Gasteiger partial charge in [-0.2, -0.15) is 0 Å². The highest BCUT2D eigenvalue weighted by molar-refractivity contribution is 5.85. The van der Waals surface area contributed by atoms with E-state index in [1.54, 1.807) is 0 Å². The van der Waals surface area contributed by atoms with Gasteiger partial charge in [-0.3, -0.25) is 10.1 Å². The topological polar surface area (TPSA) is 35.6 Å². The minimum atomic E-state index is 0.0135. The number of likely N-dealkylation sites (tertiary alicyclic amines) is 1. The van der Waals surface area contributed by atoms with Gasteiger partial charge in [0, 0.05) is 12.6 Å². The van der Waals surface area contributed by atoms with Crippen LogP contribution in [0.1, 0.15) is 47.0 Å². The lowest BCUT2D eigenvalue weighted by Gasteiger charge is -2.39. The Morgan fingerprint density at radius 1 is 1.35 bits per heavy atom. The molecule has 2 heterocycles. The molecule has 2 aliphatic rings. The Bertz CT molecular complexity index is 345. The van der Waals surface area contributed by atoms with Gasteiger partial charge in [-0.25, -0.2) is 0 Å². The molecule has 4 atom stereocenters. The number of carbonyl (C=O) groups excluding carboxylic acids is 1. The zero-order chi connectivity index (χ0) is 14.9. The van der Waals surface area contributed by atoms with Crippen molar-refractivity contribution in [3.63, 3.8) is 0 Å². The van der Waals surface area contributed by atoms with Crippen LogP contribution in [0.3, 0.4) is 0 Å². The summed E-state index contributed by atoms with van der Waals surface area (Å²) in [6.45, 7) is 11.0. The molecule has 2 rings (SSSR count). The summed E-state index contributed by atoms with van der Waals surface area (Å²) in [6, 6.07) is 0.398. The largest absolute Gasteiger partial charge is 0.321 e. The van der Waals surface area contributed by atoms with Crippen molar-refractivity contribution in [2.24, 2.45) is 11.8 Å². The van der Waals surface area contributed by atoms with Gasteiger partial charge in [0.25, 0.3) is 0 Å². The van der Waals surface area contributed by atoms with Crippen LogP contribution in [-0.2, 0) is 4.79 Å². The number of nitrogens with zero attached hydrogens (tertiary/aromatic N) is 2. The SMILES string of the molecule is CCC(C)C1NC(C(C)C)N(C2CCCN(C)C2)C1=O. The van der Waals surface area contributed by atoms with Gasteiger partial charge in [0.2, 0.25) is 5.91 Å². The lowest BCUT2D eigenvalue weighted by Crippen LogP contribution is -2.53. The van der Waals surface area contributed by atoms with Crippen molar-refractivity contribution in [2.75, 3.05) is 20.1 Å². The molecule has 0 aromatic heterocycles. The van der Waals surface area contributed by atoms with Crippen LogP contribution < -0.4 is 5.32 Å². The average molecular weight is 281 g/mol. The van der Waals surface area contributed by atoms with Gasteiger partial charge < -0.3 is 9.80 Å². The third-order valence-electron chi connectivity index (χ3n) is 5.01.